The predicted molar refractivity (Wildman–Crippen MR) is 109 cm³/mol. The molecule has 2 heterocycles. The monoisotopic (exact) mass is 376 g/mol. The Kier molecular flexibility index (Phi) is 4.41. The van der Waals surface area contributed by atoms with Gasteiger partial charge in [0, 0.05) is 17.9 Å². The van der Waals surface area contributed by atoms with Crippen molar-refractivity contribution in [2.45, 2.75) is 45.1 Å². The van der Waals surface area contributed by atoms with Gasteiger partial charge in [0.25, 0.3) is 11.8 Å². The summed E-state index contributed by atoms with van der Waals surface area (Å²) in [5.41, 5.74) is 2.83. The van der Waals surface area contributed by atoms with Crippen molar-refractivity contribution in [3.8, 4) is 0 Å². The van der Waals surface area contributed by atoms with Crippen LogP contribution < -0.4 is 10.6 Å². The number of imidazole rings is 1. The highest BCUT2D eigenvalue weighted by atomic mass is 16.2. The van der Waals surface area contributed by atoms with E-state index in [4.69, 9.17) is 0 Å². The van der Waals surface area contributed by atoms with Crippen LogP contribution in [-0.4, -0.2) is 27.2 Å². The first kappa shape index (κ1) is 18.2. The highest BCUT2D eigenvalue weighted by Gasteiger charge is 2.27. The molecule has 1 fully saturated rings. The molecule has 2 aromatic heterocycles. The van der Waals surface area contributed by atoms with Gasteiger partial charge in [0.1, 0.15) is 0 Å². The normalized spacial score (nSPS) is 14.1. The number of carbonyl (C=O) groups is 2. The molecule has 0 spiro atoms. The Morgan fingerprint density at radius 1 is 1.04 bits per heavy atom. The molecule has 1 saturated carbocycles. The smallest absolute Gasteiger partial charge is 0.292 e. The number of hydrogen-bond acceptors (Lipinski definition) is 3. The number of nitrogens with zero attached hydrogens (tertiary/aromatic N) is 2. The maximum absolute atomic E-state index is 12.9. The van der Waals surface area contributed by atoms with E-state index in [2.05, 4.69) is 36.4 Å². The molecule has 0 radical (unpaired) electrons. The Morgan fingerprint density at radius 3 is 2.39 bits per heavy atom. The van der Waals surface area contributed by atoms with Gasteiger partial charge in [0.2, 0.25) is 5.82 Å². The molecule has 28 heavy (non-hydrogen) atoms. The molecule has 4 rings (SSSR count). The molecule has 1 aromatic carbocycles. The van der Waals surface area contributed by atoms with Crippen molar-refractivity contribution in [1.82, 2.24) is 14.7 Å². The third-order valence-corrected chi connectivity index (χ3v) is 4.89. The van der Waals surface area contributed by atoms with Crippen molar-refractivity contribution in [2.24, 2.45) is 0 Å². The van der Waals surface area contributed by atoms with E-state index < -0.39 is 0 Å². The number of amides is 2. The van der Waals surface area contributed by atoms with Crippen LogP contribution in [0.2, 0.25) is 0 Å². The van der Waals surface area contributed by atoms with Crippen LogP contribution in [-0.2, 0) is 5.41 Å². The highest BCUT2D eigenvalue weighted by molar-refractivity contribution is 6.06. The summed E-state index contributed by atoms with van der Waals surface area (Å²) < 4.78 is 1.65. The zero-order valence-electron chi connectivity index (χ0n) is 16.3. The SMILES string of the molecule is CC(C)(C)c1ccc(NC(=O)c2nc(C(=O)NC3CC3)c3ccccn23)cc1. The van der Waals surface area contributed by atoms with Crippen LogP contribution in [0.25, 0.3) is 5.52 Å². The third-order valence-electron chi connectivity index (χ3n) is 4.89. The molecule has 2 N–H and O–H groups in total. The van der Waals surface area contributed by atoms with E-state index in [9.17, 15) is 9.59 Å². The summed E-state index contributed by atoms with van der Waals surface area (Å²) in [4.78, 5) is 29.7. The summed E-state index contributed by atoms with van der Waals surface area (Å²) in [7, 11) is 0. The van der Waals surface area contributed by atoms with Gasteiger partial charge in [-0.3, -0.25) is 14.0 Å². The largest absolute Gasteiger partial charge is 0.348 e. The fourth-order valence-electron chi connectivity index (χ4n) is 3.09. The fourth-order valence-corrected chi connectivity index (χ4v) is 3.09. The molecule has 1 aliphatic rings. The molecule has 6 nitrogen and oxygen atoms in total. The summed E-state index contributed by atoms with van der Waals surface area (Å²) in [6.45, 7) is 6.43. The molecule has 0 atom stereocenters. The van der Waals surface area contributed by atoms with Gasteiger partial charge >= 0.3 is 0 Å². The lowest BCUT2D eigenvalue weighted by atomic mass is 9.87. The first-order valence-electron chi connectivity index (χ1n) is 9.53. The lowest BCUT2D eigenvalue weighted by molar-refractivity contribution is 0.0948. The lowest BCUT2D eigenvalue weighted by Gasteiger charge is -2.19. The molecule has 6 heteroatoms. The summed E-state index contributed by atoms with van der Waals surface area (Å²) in [6.07, 6.45) is 3.73. The van der Waals surface area contributed by atoms with Crippen LogP contribution in [0.4, 0.5) is 5.69 Å². The molecule has 1 aliphatic carbocycles. The van der Waals surface area contributed by atoms with Gasteiger partial charge in [0.05, 0.1) is 5.52 Å². The maximum Gasteiger partial charge on any atom is 0.292 e. The molecule has 144 valence electrons. The topological polar surface area (TPSA) is 75.5 Å². The van der Waals surface area contributed by atoms with Crippen LogP contribution >= 0.6 is 0 Å². The predicted octanol–water partition coefficient (Wildman–Crippen LogP) is 3.78. The van der Waals surface area contributed by atoms with Crippen molar-refractivity contribution in [1.29, 1.82) is 0 Å². The number of aromatic nitrogens is 2. The molecular weight excluding hydrogens is 352 g/mol. The van der Waals surface area contributed by atoms with Crippen LogP contribution in [0.3, 0.4) is 0 Å². The average molecular weight is 376 g/mol. The molecule has 0 bridgehead atoms. The van der Waals surface area contributed by atoms with Crippen LogP contribution in [0, 0.1) is 0 Å². The molecular formula is C22H24N4O2. The second-order valence-corrected chi connectivity index (χ2v) is 8.27. The Labute approximate surface area is 164 Å². The minimum Gasteiger partial charge on any atom is -0.348 e. The van der Waals surface area contributed by atoms with Gasteiger partial charge in [-0.25, -0.2) is 4.98 Å². The van der Waals surface area contributed by atoms with E-state index in [1.54, 1.807) is 16.7 Å². The van der Waals surface area contributed by atoms with Gasteiger partial charge < -0.3 is 10.6 Å². The van der Waals surface area contributed by atoms with Crippen molar-refractivity contribution >= 4 is 23.0 Å². The lowest BCUT2D eigenvalue weighted by Crippen LogP contribution is -2.26. The number of anilines is 1. The van der Waals surface area contributed by atoms with Crippen molar-refractivity contribution in [3.63, 3.8) is 0 Å². The van der Waals surface area contributed by atoms with Crippen LogP contribution in [0.1, 0.15) is 60.3 Å². The Morgan fingerprint density at radius 2 is 1.75 bits per heavy atom. The zero-order valence-corrected chi connectivity index (χ0v) is 16.3. The van der Waals surface area contributed by atoms with Gasteiger partial charge in [-0.2, -0.15) is 0 Å². The summed E-state index contributed by atoms with van der Waals surface area (Å²) in [5.74, 6) is -0.397. The van der Waals surface area contributed by atoms with Crippen molar-refractivity contribution < 1.29 is 9.59 Å². The number of benzene rings is 1. The molecule has 0 unspecified atom stereocenters. The highest BCUT2D eigenvalue weighted by Crippen LogP contribution is 2.24. The van der Waals surface area contributed by atoms with E-state index in [1.807, 2.05) is 36.4 Å². The Balaban J connectivity index is 1.61. The second kappa shape index (κ2) is 6.78. The number of carbonyl (C=O) groups excluding carboxylic acids is 2. The first-order chi connectivity index (χ1) is 13.3. The molecule has 0 aliphatic heterocycles. The number of hydrogen-bond donors (Lipinski definition) is 2. The van der Waals surface area contributed by atoms with E-state index >= 15 is 0 Å². The third kappa shape index (κ3) is 3.63. The van der Waals surface area contributed by atoms with Gasteiger partial charge in [-0.05, 0) is 48.1 Å². The first-order valence-corrected chi connectivity index (χ1v) is 9.53. The summed E-state index contributed by atoms with van der Waals surface area (Å²) >= 11 is 0. The van der Waals surface area contributed by atoms with E-state index in [0.29, 0.717) is 11.2 Å². The van der Waals surface area contributed by atoms with Gasteiger partial charge in [-0.1, -0.05) is 39.0 Å². The Hall–Kier alpha value is -3.15. The van der Waals surface area contributed by atoms with E-state index in [-0.39, 0.29) is 34.8 Å². The maximum atomic E-state index is 12.9. The fraction of sp³-hybridized carbons (Fsp3) is 0.318. The Bertz CT molecular complexity index is 1040. The second-order valence-electron chi connectivity index (χ2n) is 8.27. The summed E-state index contributed by atoms with van der Waals surface area (Å²) in [6, 6.07) is 13.4. The van der Waals surface area contributed by atoms with Crippen LogP contribution in [0.5, 0.6) is 0 Å². The van der Waals surface area contributed by atoms with Crippen molar-refractivity contribution in [2.75, 3.05) is 5.32 Å². The number of fused-ring (bicyclic) bond motifs is 1. The van der Waals surface area contributed by atoms with Crippen LogP contribution in [0.15, 0.2) is 48.7 Å². The quantitative estimate of drug-likeness (QED) is 0.728. The zero-order chi connectivity index (χ0) is 19.9. The molecule has 3 aromatic rings. The minimum atomic E-state index is -0.352. The van der Waals surface area contributed by atoms with Gasteiger partial charge in [0.15, 0.2) is 5.69 Å². The average Bonchev–Trinajstić information content (AvgIpc) is 3.38. The molecule has 2 amide bonds. The van der Waals surface area contributed by atoms with Crippen molar-refractivity contribution in [3.05, 3.63) is 65.7 Å². The molecule has 0 saturated heterocycles. The number of nitrogens with one attached hydrogen (secondary N) is 2. The minimum absolute atomic E-state index is 0.0473. The van der Waals surface area contributed by atoms with E-state index in [1.165, 1.54) is 5.56 Å². The number of pyridine rings is 1. The van der Waals surface area contributed by atoms with E-state index in [0.717, 1.165) is 12.8 Å². The van der Waals surface area contributed by atoms with Gasteiger partial charge in [-0.15, -0.1) is 0 Å². The summed E-state index contributed by atoms with van der Waals surface area (Å²) in [5, 5.41) is 5.82. The standard InChI is InChI=1S/C22H24N4O2/c1-22(2,3)14-7-9-15(10-8-14)24-21(28)19-25-18(20(27)23-16-11-12-16)17-6-4-5-13-26(17)19/h4-10,13,16H,11-12H2,1-3H3,(H,23,27)(H,24,28). The number of rotatable bonds is 4.